The lowest BCUT2D eigenvalue weighted by molar-refractivity contribution is -0.152. The van der Waals surface area contributed by atoms with Crippen LogP contribution in [0, 0.1) is 5.92 Å². The molecule has 2 aromatic carbocycles. The van der Waals surface area contributed by atoms with Crippen molar-refractivity contribution in [3.8, 4) is 11.5 Å². The van der Waals surface area contributed by atoms with Gasteiger partial charge in [-0.1, -0.05) is 43.4 Å². The van der Waals surface area contributed by atoms with Crippen molar-refractivity contribution in [3.63, 3.8) is 0 Å². The predicted molar refractivity (Wildman–Crippen MR) is 136 cm³/mol. The van der Waals surface area contributed by atoms with Crippen molar-refractivity contribution < 1.29 is 38.7 Å². The Labute approximate surface area is 216 Å². The molecule has 196 valence electrons. The van der Waals surface area contributed by atoms with Crippen molar-refractivity contribution in [2.24, 2.45) is 5.92 Å². The fourth-order valence-corrected chi connectivity index (χ4v) is 4.40. The second-order valence-corrected chi connectivity index (χ2v) is 9.80. The highest BCUT2D eigenvalue weighted by atomic mass is 16.8. The molecule has 0 radical (unpaired) electrons. The monoisotopic (exact) mass is 508 g/mol. The number of cyclic esters (lactones) is 1. The van der Waals surface area contributed by atoms with Crippen molar-refractivity contribution in [2.75, 3.05) is 0 Å². The number of carbonyl (C=O) groups excluding carboxylic acids is 2. The van der Waals surface area contributed by atoms with E-state index in [0.29, 0.717) is 17.5 Å². The molecule has 0 spiro atoms. The lowest BCUT2D eigenvalue weighted by atomic mass is 9.98. The Morgan fingerprint density at radius 2 is 1.78 bits per heavy atom. The Hall–Kier alpha value is -3.62. The number of phenols is 2. The molecule has 4 rings (SSSR count). The van der Waals surface area contributed by atoms with Crippen LogP contribution in [-0.2, 0) is 18.9 Å². The molecule has 8 nitrogen and oxygen atoms in total. The maximum absolute atomic E-state index is 13.0. The molecule has 0 aromatic heterocycles. The van der Waals surface area contributed by atoms with E-state index in [4.69, 9.17) is 18.9 Å². The van der Waals surface area contributed by atoms with Crippen LogP contribution in [0.5, 0.6) is 11.5 Å². The summed E-state index contributed by atoms with van der Waals surface area (Å²) in [5.41, 5.74) is 0.678. The van der Waals surface area contributed by atoms with E-state index >= 15 is 0 Å². The van der Waals surface area contributed by atoms with Gasteiger partial charge in [-0.2, -0.15) is 0 Å². The molecular weight excluding hydrogens is 476 g/mol. The van der Waals surface area contributed by atoms with Crippen LogP contribution in [0.4, 0.5) is 0 Å². The molecule has 5 atom stereocenters. The Morgan fingerprint density at radius 3 is 2.51 bits per heavy atom. The highest BCUT2D eigenvalue weighted by Crippen LogP contribution is 2.35. The van der Waals surface area contributed by atoms with E-state index in [1.54, 1.807) is 63.3 Å². The van der Waals surface area contributed by atoms with Crippen molar-refractivity contribution in [2.45, 2.75) is 64.3 Å². The van der Waals surface area contributed by atoms with E-state index < -0.39 is 42.1 Å². The van der Waals surface area contributed by atoms with Crippen LogP contribution in [0.3, 0.4) is 0 Å². The number of esters is 2. The van der Waals surface area contributed by atoms with Gasteiger partial charge in [0, 0.05) is 12.0 Å². The standard InChI is InChI=1S/C29H32O8/c1-17-13-14-23(35-27(32)19-9-6-5-7-10-19)26-24(36-29(3,4)37-26)12-8-11-20-15-21(30)16-22(31)25(20)28(33)34-18(17)2/h5-11,13-18,23-24,26,30-31H,12H2,1-4H3/t17-,18+,23?,24?,26?/m1/s1. The maximum atomic E-state index is 13.0. The summed E-state index contributed by atoms with van der Waals surface area (Å²) in [7, 11) is 0. The normalized spacial score (nSPS) is 27.5. The molecule has 2 aliphatic heterocycles. The predicted octanol–water partition coefficient (Wildman–Crippen LogP) is 5.00. The van der Waals surface area contributed by atoms with Crippen LogP contribution < -0.4 is 0 Å². The van der Waals surface area contributed by atoms with E-state index in [0.717, 1.165) is 6.07 Å². The van der Waals surface area contributed by atoms with Gasteiger partial charge in [0.1, 0.15) is 35.4 Å². The first-order valence-corrected chi connectivity index (χ1v) is 12.3. The first kappa shape index (κ1) is 26.4. The molecule has 0 bridgehead atoms. The van der Waals surface area contributed by atoms with Gasteiger partial charge in [0.25, 0.3) is 0 Å². The minimum Gasteiger partial charge on any atom is -0.508 e. The minimum absolute atomic E-state index is 0.0377. The van der Waals surface area contributed by atoms with E-state index in [9.17, 15) is 19.8 Å². The molecule has 1 saturated heterocycles. The second kappa shape index (κ2) is 10.8. The molecule has 2 aromatic rings. The molecule has 0 aliphatic carbocycles. The van der Waals surface area contributed by atoms with Gasteiger partial charge in [0.2, 0.25) is 0 Å². The lowest BCUT2D eigenvalue weighted by Gasteiger charge is -2.25. The number of carbonyl (C=O) groups is 2. The molecule has 0 amide bonds. The van der Waals surface area contributed by atoms with Crippen molar-refractivity contribution in [1.82, 2.24) is 0 Å². The minimum atomic E-state index is -0.922. The first-order valence-electron chi connectivity index (χ1n) is 12.3. The van der Waals surface area contributed by atoms with Crippen LogP contribution in [0.1, 0.15) is 60.4 Å². The molecule has 2 aliphatic rings. The van der Waals surface area contributed by atoms with Gasteiger partial charge in [-0.15, -0.1) is 0 Å². The number of benzene rings is 2. The third-order valence-electron chi connectivity index (χ3n) is 6.44. The number of aromatic hydroxyl groups is 2. The largest absolute Gasteiger partial charge is 0.508 e. The maximum Gasteiger partial charge on any atom is 0.342 e. The number of phenolic OH excluding ortho intramolecular Hbond substituents is 2. The highest BCUT2D eigenvalue weighted by Gasteiger charge is 2.45. The molecule has 2 N–H and O–H groups in total. The van der Waals surface area contributed by atoms with Crippen molar-refractivity contribution in [1.29, 1.82) is 0 Å². The molecule has 8 heteroatoms. The fraction of sp³-hybridized carbons (Fsp3) is 0.379. The zero-order valence-corrected chi connectivity index (χ0v) is 21.3. The zero-order valence-electron chi connectivity index (χ0n) is 21.3. The summed E-state index contributed by atoms with van der Waals surface area (Å²) in [5, 5.41) is 20.4. The van der Waals surface area contributed by atoms with Gasteiger partial charge in [0.15, 0.2) is 5.79 Å². The van der Waals surface area contributed by atoms with Crippen molar-refractivity contribution in [3.05, 3.63) is 77.4 Å². The Balaban J connectivity index is 1.72. The van der Waals surface area contributed by atoms with Crippen LogP contribution in [-0.4, -0.2) is 52.4 Å². The molecule has 2 heterocycles. The van der Waals surface area contributed by atoms with Gasteiger partial charge in [0.05, 0.1) is 11.7 Å². The van der Waals surface area contributed by atoms with Crippen LogP contribution in [0.25, 0.3) is 6.08 Å². The van der Waals surface area contributed by atoms with Crippen LogP contribution >= 0.6 is 0 Å². The van der Waals surface area contributed by atoms with Gasteiger partial charge in [-0.05, 0) is 57.0 Å². The van der Waals surface area contributed by atoms with E-state index in [-0.39, 0.29) is 23.0 Å². The summed E-state index contributed by atoms with van der Waals surface area (Å²) in [5.74, 6) is -2.96. The van der Waals surface area contributed by atoms with E-state index in [2.05, 4.69) is 0 Å². The lowest BCUT2D eigenvalue weighted by Crippen LogP contribution is -2.37. The van der Waals surface area contributed by atoms with E-state index in [1.807, 2.05) is 19.1 Å². The summed E-state index contributed by atoms with van der Waals surface area (Å²) in [6, 6.07) is 11.2. The Kier molecular flexibility index (Phi) is 7.71. The van der Waals surface area contributed by atoms with Crippen LogP contribution in [0.2, 0.25) is 0 Å². The first-order chi connectivity index (χ1) is 17.5. The fourth-order valence-electron chi connectivity index (χ4n) is 4.40. The summed E-state index contributed by atoms with van der Waals surface area (Å²) < 4.78 is 23.9. The number of hydrogen-bond acceptors (Lipinski definition) is 8. The third kappa shape index (κ3) is 6.21. The summed E-state index contributed by atoms with van der Waals surface area (Å²) in [6.07, 6.45) is 4.82. The second-order valence-electron chi connectivity index (χ2n) is 9.80. The molecule has 1 fully saturated rings. The Morgan fingerprint density at radius 1 is 1.05 bits per heavy atom. The number of fused-ring (bicyclic) bond motifs is 2. The highest BCUT2D eigenvalue weighted by molar-refractivity contribution is 5.97. The smallest absolute Gasteiger partial charge is 0.342 e. The Bertz CT molecular complexity index is 1200. The zero-order chi connectivity index (χ0) is 26.7. The van der Waals surface area contributed by atoms with E-state index in [1.165, 1.54) is 6.07 Å². The van der Waals surface area contributed by atoms with Crippen LogP contribution in [0.15, 0.2) is 60.7 Å². The van der Waals surface area contributed by atoms with Gasteiger partial charge in [-0.3, -0.25) is 0 Å². The number of ether oxygens (including phenoxy) is 4. The van der Waals surface area contributed by atoms with Gasteiger partial charge in [-0.25, -0.2) is 9.59 Å². The van der Waals surface area contributed by atoms with Gasteiger partial charge < -0.3 is 29.2 Å². The average molecular weight is 509 g/mol. The summed E-state index contributed by atoms with van der Waals surface area (Å²) >= 11 is 0. The molecule has 37 heavy (non-hydrogen) atoms. The summed E-state index contributed by atoms with van der Waals surface area (Å²) in [6.45, 7) is 7.18. The van der Waals surface area contributed by atoms with Crippen molar-refractivity contribution >= 4 is 18.0 Å². The SMILES string of the molecule is C[C@@H]1C=CC(OC(=O)c2ccccc2)C2OC(C)(C)OC2CC=Cc2cc(O)cc(O)c2C(=O)O[C@H]1C. The average Bonchev–Trinajstić information content (AvgIpc) is 3.14. The number of hydrogen-bond donors (Lipinski definition) is 2. The van der Waals surface area contributed by atoms with Gasteiger partial charge >= 0.3 is 11.9 Å². The summed E-state index contributed by atoms with van der Waals surface area (Å²) in [4.78, 5) is 25.9. The quantitative estimate of drug-likeness (QED) is 0.431. The molecule has 3 unspecified atom stereocenters. The third-order valence-corrected chi connectivity index (χ3v) is 6.44. The molecule has 0 saturated carbocycles. The molecular formula is C29H32O8. The topological polar surface area (TPSA) is 112 Å². The number of rotatable bonds is 2.